The summed E-state index contributed by atoms with van der Waals surface area (Å²) in [7, 11) is 0. The molecule has 0 fully saturated rings. The van der Waals surface area contributed by atoms with Gasteiger partial charge in [0.1, 0.15) is 41.2 Å². The quantitative estimate of drug-likeness (QED) is 0.0628. The molecule has 1 aliphatic rings. The fraction of sp³-hybridized carbons (Fsp3) is 0.409. The lowest BCUT2D eigenvalue weighted by Crippen LogP contribution is -2.52. The molecule has 1 aliphatic carbocycles. The third-order valence-electron chi connectivity index (χ3n) is 10.6. The number of rotatable bonds is 20. The molecule has 4 aromatic carbocycles. The maximum Gasteiger partial charge on any atom is 0.326 e. The van der Waals surface area contributed by atoms with Crippen LogP contribution in [0.15, 0.2) is 72.8 Å². The minimum atomic E-state index is -1.48. The molecule has 0 saturated carbocycles. The Labute approximate surface area is 322 Å². The summed E-state index contributed by atoms with van der Waals surface area (Å²) >= 11 is 0. The van der Waals surface area contributed by atoms with Crippen LogP contribution >= 0.6 is 0 Å². The van der Waals surface area contributed by atoms with E-state index in [4.69, 9.17) is 18.9 Å². The third-order valence-corrected chi connectivity index (χ3v) is 10.6. The summed E-state index contributed by atoms with van der Waals surface area (Å²) in [5.74, 6) is 0.348. The highest BCUT2D eigenvalue weighted by molar-refractivity contribution is 5.78. The average molecular weight is 756 g/mol. The highest BCUT2D eigenvalue weighted by Crippen LogP contribution is 2.42. The van der Waals surface area contributed by atoms with Crippen LogP contribution < -0.4 is 24.3 Å². The van der Waals surface area contributed by atoms with Gasteiger partial charge in [-0.25, -0.2) is 0 Å². The fourth-order valence-corrected chi connectivity index (χ4v) is 6.77. The molecule has 0 amide bonds. The van der Waals surface area contributed by atoms with Crippen molar-refractivity contribution in [3.63, 3.8) is 0 Å². The highest BCUT2D eigenvalue weighted by atomic mass is 16.5. The van der Waals surface area contributed by atoms with E-state index in [-0.39, 0.29) is 19.1 Å². The van der Waals surface area contributed by atoms with Crippen LogP contribution in [0.3, 0.4) is 0 Å². The van der Waals surface area contributed by atoms with Crippen LogP contribution in [-0.4, -0.2) is 64.3 Å². The van der Waals surface area contributed by atoms with Gasteiger partial charge < -0.3 is 39.4 Å². The van der Waals surface area contributed by atoms with Crippen molar-refractivity contribution < 1.29 is 49.0 Å². The Morgan fingerprint density at radius 2 is 1.44 bits per heavy atom. The van der Waals surface area contributed by atoms with Gasteiger partial charge in [0, 0.05) is 24.2 Å². The Morgan fingerprint density at radius 1 is 0.782 bits per heavy atom. The standard InChI is InChI=1S/C44H53NO10/c1-6-52-39-22-32(16-14-29(39)20-21-43(4,26-46)41(48)49)54-25-31-10-8-11-34(28(31)3)35-12-9-13-37-36(35)18-19-38(37)55-33-17-15-30(40(23-33)53-7-2)24-45-44(5,27-47)42(50)51/h8-17,22-23,38,45-47H,6-7,18-21,24-27H2,1-5H3,(H,48,49)(H,50,51)/t38?,43-,44-/m0/s1. The first-order valence-corrected chi connectivity index (χ1v) is 18.8. The van der Waals surface area contributed by atoms with Crippen molar-refractivity contribution in [1.29, 1.82) is 0 Å². The minimum absolute atomic E-state index is 0.158. The molecule has 0 heterocycles. The van der Waals surface area contributed by atoms with Gasteiger partial charge in [0.15, 0.2) is 0 Å². The van der Waals surface area contributed by atoms with Crippen molar-refractivity contribution in [2.45, 2.75) is 85.1 Å². The van der Waals surface area contributed by atoms with Gasteiger partial charge in [-0.05, 0) is 111 Å². The normalized spacial score (nSPS) is 15.7. The molecule has 1 unspecified atom stereocenters. The summed E-state index contributed by atoms with van der Waals surface area (Å²) < 4.78 is 24.6. The summed E-state index contributed by atoms with van der Waals surface area (Å²) in [5.41, 5.74) is 5.73. The van der Waals surface area contributed by atoms with Gasteiger partial charge in [0.25, 0.3) is 0 Å². The molecule has 0 bridgehead atoms. The fourth-order valence-electron chi connectivity index (χ4n) is 6.77. The average Bonchev–Trinajstić information content (AvgIpc) is 3.59. The van der Waals surface area contributed by atoms with Gasteiger partial charge in [0.05, 0.1) is 31.8 Å². The van der Waals surface area contributed by atoms with Gasteiger partial charge in [-0.3, -0.25) is 14.9 Å². The number of aliphatic hydroxyl groups is 2. The first-order valence-electron chi connectivity index (χ1n) is 18.8. The second kappa shape index (κ2) is 18.0. The Morgan fingerprint density at radius 3 is 2.11 bits per heavy atom. The first-order chi connectivity index (χ1) is 26.4. The molecule has 4 aromatic rings. The number of hydrogen-bond donors (Lipinski definition) is 5. The molecule has 11 heteroatoms. The van der Waals surface area contributed by atoms with E-state index < -0.39 is 36.1 Å². The Hall–Kier alpha value is -5.10. The van der Waals surface area contributed by atoms with Gasteiger partial charge in [-0.15, -0.1) is 0 Å². The lowest BCUT2D eigenvalue weighted by atomic mass is 9.85. The second-order valence-electron chi connectivity index (χ2n) is 14.5. The number of aryl methyl sites for hydroxylation is 1. The van der Waals surface area contributed by atoms with Gasteiger partial charge in [-0.2, -0.15) is 0 Å². The van der Waals surface area contributed by atoms with E-state index in [1.807, 2.05) is 56.3 Å². The molecule has 11 nitrogen and oxygen atoms in total. The number of carboxylic acid groups (broad SMARTS) is 2. The van der Waals surface area contributed by atoms with Crippen molar-refractivity contribution >= 4 is 11.9 Å². The van der Waals surface area contributed by atoms with E-state index in [1.165, 1.54) is 12.5 Å². The number of fused-ring (bicyclic) bond motifs is 1. The molecule has 5 rings (SSSR count). The molecule has 0 saturated heterocycles. The van der Waals surface area contributed by atoms with Crippen LogP contribution in [0.2, 0.25) is 0 Å². The first kappa shape index (κ1) is 41.1. The molecule has 55 heavy (non-hydrogen) atoms. The van der Waals surface area contributed by atoms with Crippen molar-refractivity contribution in [3.8, 4) is 34.1 Å². The van der Waals surface area contributed by atoms with E-state index >= 15 is 0 Å². The largest absolute Gasteiger partial charge is 0.493 e. The molecule has 5 N–H and O–H groups in total. The Balaban J connectivity index is 1.30. The number of nitrogens with one attached hydrogen (secondary N) is 1. The zero-order valence-corrected chi connectivity index (χ0v) is 32.3. The Bertz CT molecular complexity index is 1980. The number of carbonyl (C=O) groups is 2. The molecule has 0 spiro atoms. The van der Waals surface area contributed by atoms with Gasteiger partial charge in [0.2, 0.25) is 0 Å². The van der Waals surface area contributed by atoms with E-state index in [0.29, 0.717) is 49.2 Å². The maximum atomic E-state index is 11.7. The predicted octanol–water partition coefficient (Wildman–Crippen LogP) is 7.05. The number of aliphatic carboxylic acids is 2. The van der Waals surface area contributed by atoms with Crippen molar-refractivity contribution in [3.05, 3.63) is 106 Å². The van der Waals surface area contributed by atoms with Gasteiger partial charge >= 0.3 is 11.9 Å². The molecule has 294 valence electrons. The van der Waals surface area contributed by atoms with Crippen LogP contribution in [0.25, 0.3) is 11.1 Å². The minimum Gasteiger partial charge on any atom is -0.493 e. The molecular formula is C44H53NO10. The summed E-state index contributed by atoms with van der Waals surface area (Å²) in [6, 6.07) is 23.7. The lowest BCUT2D eigenvalue weighted by molar-refractivity contribution is -0.150. The van der Waals surface area contributed by atoms with E-state index in [0.717, 1.165) is 51.8 Å². The number of ether oxygens (including phenoxy) is 4. The number of aliphatic hydroxyl groups excluding tert-OH is 2. The third kappa shape index (κ3) is 9.41. The molecule has 0 aromatic heterocycles. The summed E-state index contributed by atoms with van der Waals surface area (Å²) in [6.45, 7) is 9.29. The second-order valence-corrected chi connectivity index (χ2v) is 14.5. The number of carboxylic acids is 2. The smallest absolute Gasteiger partial charge is 0.326 e. The topological polar surface area (TPSA) is 164 Å². The number of hydrogen-bond acceptors (Lipinski definition) is 9. The van der Waals surface area contributed by atoms with Crippen molar-refractivity contribution in [2.75, 3.05) is 26.4 Å². The molecular weight excluding hydrogens is 702 g/mol. The van der Waals surface area contributed by atoms with E-state index in [1.54, 1.807) is 6.92 Å². The highest BCUT2D eigenvalue weighted by Gasteiger charge is 2.33. The van der Waals surface area contributed by atoms with Crippen molar-refractivity contribution in [1.82, 2.24) is 5.32 Å². The number of benzene rings is 4. The summed E-state index contributed by atoms with van der Waals surface area (Å²) in [5, 5.41) is 41.3. The van der Waals surface area contributed by atoms with Crippen LogP contribution in [0, 0.1) is 12.3 Å². The van der Waals surface area contributed by atoms with Crippen LogP contribution in [0.1, 0.15) is 80.0 Å². The molecule has 0 aliphatic heterocycles. The Kier molecular flexibility index (Phi) is 13.5. The van der Waals surface area contributed by atoms with Crippen molar-refractivity contribution in [2.24, 2.45) is 5.41 Å². The van der Waals surface area contributed by atoms with E-state index in [9.17, 15) is 30.0 Å². The molecule has 3 atom stereocenters. The molecule has 0 radical (unpaired) electrons. The van der Waals surface area contributed by atoms with Crippen LogP contribution in [0.5, 0.6) is 23.0 Å². The monoisotopic (exact) mass is 755 g/mol. The van der Waals surface area contributed by atoms with Crippen LogP contribution in [0.4, 0.5) is 0 Å². The lowest BCUT2D eigenvalue weighted by Gasteiger charge is -2.24. The SMILES string of the molecule is CCOc1cc(OCc2cccc(-c3cccc4c3CCC4Oc3ccc(CN[C@@](C)(CO)C(=O)O)c(OCC)c3)c2C)ccc1CC[C@@](C)(CO)C(=O)O. The predicted molar refractivity (Wildman–Crippen MR) is 209 cm³/mol. The zero-order chi connectivity index (χ0) is 39.8. The van der Waals surface area contributed by atoms with E-state index in [2.05, 4.69) is 42.6 Å². The summed E-state index contributed by atoms with van der Waals surface area (Å²) in [6.07, 6.45) is 2.21. The zero-order valence-electron chi connectivity index (χ0n) is 32.3. The van der Waals surface area contributed by atoms with Crippen LogP contribution in [-0.2, 0) is 35.6 Å². The maximum absolute atomic E-state index is 11.7. The summed E-state index contributed by atoms with van der Waals surface area (Å²) in [4.78, 5) is 23.4. The van der Waals surface area contributed by atoms with Gasteiger partial charge in [-0.1, -0.05) is 48.5 Å².